The molecular formula is C13H22N4. The quantitative estimate of drug-likeness (QED) is 0.773. The summed E-state index contributed by atoms with van der Waals surface area (Å²) in [6.45, 7) is 4.65. The molecule has 1 aliphatic heterocycles. The number of hydrogen-bond acceptors (Lipinski definition) is 4. The lowest BCUT2D eigenvalue weighted by atomic mass is 10.2. The van der Waals surface area contributed by atoms with Crippen LogP contribution >= 0.6 is 0 Å². The van der Waals surface area contributed by atoms with E-state index >= 15 is 0 Å². The number of anilines is 3. The highest BCUT2D eigenvalue weighted by atomic mass is 15.2. The Morgan fingerprint density at radius 1 is 1.18 bits per heavy atom. The van der Waals surface area contributed by atoms with E-state index in [1.165, 1.54) is 25.9 Å². The minimum Gasteiger partial charge on any atom is -0.397 e. The second-order valence-corrected chi connectivity index (χ2v) is 4.78. The molecular weight excluding hydrogens is 212 g/mol. The van der Waals surface area contributed by atoms with Crippen LogP contribution in [-0.4, -0.2) is 38.1 Å². The highest BCUT2D eigenvalue weighted by molar-refractivity contribution is 5.69. The summed E-state index contributed by atoms with van der Waals surface area (Å²) in [5, 5.41) is 0. The summed E-state index contributed by atoms with van der Waals surface area (Å²) in [7, 11) is 2.10. The topological polar surface area (TPSA) is 58.5 Å². The van der Waals surface area contributed by atoms with E-state index in [1.807, 2.05) is 18.2 Å². The van der Waals surface area contributed by atoms with Crippen molar-refractivity contribution in [3.05, 3.63) is 18.2 Å². The number of rotatable bonds is 4. The van der Waals surface area contributed by atoms with Gasteiger partial charge in [0, 0.05) is 25.8 Å². The summed E-state index contributed by atoms with van der Waals surface area (Å²) in [6, 6.07) is 5.84. The van der Waals surface area contributed by atoms with Gasteiger partial charge >= 0.3 is 0 Å². The standard InChI is InChI=1S/C13H22N4/c1-16(8-9-17-6-2-3-7-17)11-4-5-12(14)13(15)10-11/h4-5,10H,2-3,6-9,14-15H2,1H3. The van der Waals surface area contributed by atoms with Crippen molar-refractivity contribution in [3.63, 3.8) is 0 Å². The highest BCUT2D eigenvalue weighted by Gasteiger charge is 2.12. The van der Waals surface area contributed by atoms with Gasteiger partial charge in [-0.15, -0.1) is 0 Å². The molecule has 4 nitrogen and oxygen atoms in total. The zero-order chi connectivity index (χ0) is 12.3. The van der Waals surface area contributed by atoms with E-state index in [9.17, 15) is 0 Å². The first-order chi connectivity index (χ1) is 8.16. The van der Waals surface area contributed by atoms with Crippen LogP contribution in [0.1, 0.15) is 12.8 Å². The van der Waals surface area contributed by atoms with Crippen LogP contribution in [0.2, 0.25) is 0 Å². The third-order valence-electron chi connectivity index (χ3n) is 3.46. The number of likely N-dealkylation sites (N-methyl/N-ethyl adjacent to an activating group) is 1. The Hall–Kier alpha value is -1.42. The number of hydrogen-bond donors (Lipinski definition) is 2. The average molecular weight is 234 g/mol. The number of nitrogen functional groups attached to an aromatic ring is 2. The molecule has 1 heterocycles. The smallest absolute Gasteiger partial charge is 0.0568 e. The monoisotopic (exact) mass is 234 g/mol. The van der Waals surface area contributed by atoms with Gasteiger partial charge in [0.2, 0.25) is 0 Å². The van der Waals surface area contributed by atoms with Gasteiger partial charge in [0.05, 0.1) is 11.4 Å². The Bertz CT molecular complexity index is 372. The first-order valence-electron chi connectivity index (χ1n) is 6.25. The van der Waals surface area contributed by atoms with Crippen molar-refractivity contribution >= 4 is 17.1 Å². The predicted molar refractivity (Wildman–Crippen MR) is 74.2 cm³/mol. The van der Waals surface area contributed by atoms with Crippen molar-refractivity contribution in [2.75, 3.05) is 49.6 Å². The zero-order valence-corrected chi connectivity index (χ0v) is 10.5. The van der Waals surface area contributed by atoms with E-state index in [2.05, 4.69) is 16.8 Å². The third kappa shape index (κ3) is 3.03. The van der Waals surface area contributed by atoms with Gasteiger partial charge in [-0.2, -0.15) is 0 Å². The molecule has 2 rings (SSSR count). The van der Waals surface area contributed by atoms with E-state index in [-0.39, 0.29) is 0 Å². The number of benzene rings is 1. The second kappa shape index (κ2) is 5.27. The summed E-state index contributed by atoms with van der Waals surface area (Å²) in [5.41, 5.74) is 14.0. The van der Waals surface area contributed by atoms with Crippen molar-refractivity contribution < 1.29 is 0 Å². The summed E-state index contributed by atoms with van der Waals surface area (Å²) < 4.78 is 0. The fourth-order valence-corrected chi connectivity index (χ4v) is 2.23. The van der Waals surface area contributed by atoms with Crippen LogP contribution in [0.4, 0.5) is 17.1 Å². The molecule has 17 heavy (non-hydrogen) atoms. The maximum absolute atomic E-state index is 5.81. The maximum atomic E-state index is 5.81. The Morgan fingerprint density at radius 2 is 1.88 bits per heavy atom. The van der Waals surface area contributed by atoms with Crippen molar-refractivity contribution in [1.82, 2.24) is 4.90 Å². The maximum Gasteiger partial charge on any atom is 0.0568 e. The van der Waals surface area contributed by atoms with Crippen LogP contribution in [-0.2, 0) is 0 Å². The predicted octanol–water partition coefficient (Wildman–Crippen LogP) is 1.38. The molecule has 4 heteroatoms. The van der Waals surface area contributed by atoms with Gasteiger partial charge < -0.3 is 21.3 Å². The molecule has 1 saturated heterocycles. The summed E-state index contributed by atoms with van der Waals surface area (Å²) in [6.07, 6.45) is 2.69. The lowest BCUT2D eigenvalue weighted by Gasteiger charge is -2.23. The first kappa shape index (κ1) is 12.0. The molecule has 1 aliphatic rings. The molecule has 1 fully saturated rings. The van der Waals surface area contributed by atoms with Gasteiger partial charge in [-0.3, -0.25) is 0 Å². The Morgan fingerprint density at radius 3 is 2.53 bits per heavy atom. The molecule has 0 amide bonds. The van der Waals surface area contributed by atoms with Crippen molar-refractivity contribution in [1.29, 1.82) is 0 Å². The van der Waals surface area contributed by atoms with E-state index in [0.717, 1.165) is 18.8 Å². The summed E-state index contributed by atoms with van der Waals surface area (Å²) >= 11 is 0. The van der Waals surface area contributed by atoms with Gasteiger partial charge in [0.1, 0.15) is 0 Å². The minimum atomic E-state index is 0.654. The SMILES string of the molecule is CN(CCN1CCCC1)c1ccc(N)c(N)c1. The van der Waals surface area contributed by atoms with Crippen LogP contribution in [0.5, 0.6) is 0 Å². The van der Waals surface area contributed by atoms with E-state index in [0.29, 0.717) is 11.4 Å². The second-order valence-electron chi connectivity index (χ2n) is 4.78. The summed E-state index contributed by atoms with van der Waals surface area (Å²) in [5.74, 6) is 0. The Balaban J connectivity index is 1.89. The number of likely N-dealkylation sites (tertiary alicyclic amines) is 1. The van der Waals surface area contributed by atoms with Gasteiger partial charge in [0.15, 0.2) is 0 Å². The molecule has 4 N–H and O–H groups in total. The molecule has 0 radical (unpaired) electrons. The molecule has 0 bridgehead atoms. The fraction of sp³-hybridized carbons (Fsp3) is 0.538. The zero-order valence-electron chi connectivity index (χ0n) is 10.5. The molecule has 0 aliphatic carbocycles. The molecule has 0 spiro atoms. The molecule has 0 saturated carbocycles. The minimum absolute atomic E-state index is 0.654. The first-order valence-corrected chi connectivity index (χ1v) is 6.25. The molecule has 0 atom stereocenters. The Kier molecular flexibility index (Phi) is 3.74. The molecule has 1 aromatic carbocycles. The fourth-order valence-electron chi connectivity index (χ4n) is 2.23. The summed E-state index contributed by atoms with van der Waals surface area (Å²) in [4.78, 5) is 4.74. The van der Waals surface area contributed by atoms with E-state index in [1.54, 1.807) is 0 Å². The van der Waals surface area contributed by atoms with E-state index in [4.69, 9.17) is 11.5 Å². The molecule has 1 aromatic rings. The van der Waals surface area contributed by atoms with Crippen LogP contribution in [0.25, 0.3) is 0 Å². The van der Waals surface area contributed by atoms with Crippen LogP contribution in [0.15, 0.2) is 18.2 Å². The van der Waals surface area contributed by atoms with Crippen molar-refractivity contribution in [3.8, 4) is 0 Å². The van der Waals surface area contributed by atoms with Gasteiger partial charge in [-0.25, -0.2) is 0 Å². The van der Waals surface area contributed by atoms with Gasteiger partial charge in [-0.1, -0.05) is 0 Å². The van der Waals surface area contributed by atoms with Crippen LogP contribution in [0.3, 0.4) is 0 Å². The van der Waals surface area contributed by atoms with Crippen molar-refractivity contribution in [2.45, 2.75) is 12.8 Å². The largest absolute Gasteiger partial charge is 0.397 e. The average Bonchev–Trinajstić information content (AvgIpc) is 2.82. The Labute approximate surface area is 103 Å². The number of nitrogens with zero attached hydrogens (tertiary/aromatic N) is 2. The van der Waals surface area contributed by atoms with Gasteiger partial charge in [0.25, 0.3) is 0 Å². The van der Waals surface area contributed by atoms with E-state index < -0.39 is 0 Å². The molecule has 0 aromatic heterocycles. The van der Waals surface area contributed by atoms with Crippen LogP contribution < -0.4 is 16.4 Å². The third-order valence-corrected chi connectivity index (χ3v) is 3.46. The highest BCUT2D eigenvalue weighted by Crippen LogP contribution is 2.22. The van der Waals surface area contributed by atoms with Crippen LogP contribution in [0, 0.1) is 0 Å². The normalized spacial score (nSPS) is 16.3. The molecule has 0 unspecified atom stereocenters. The molecule has 94 valence electrons. The number of nitrogens with two attached hydrogens (primary N) is 2. The van der Waals surface area contributed by atoms with Crippen molar-refractivity contribution in [2.24, 2.45) is 0 Å². The lowest BCUT2D eigenvalue weighted by Crippen LogP contribution is -2.31. The lowest BCUT2D eigenvalue weighted by molar-refractivity contribution is 0.346. The van der Waals surface area contributed by atoms with Gasteiger partial charge in [-0.05, 0) is 44.1 Å².